The van der Waals surface area contributed by atoms with Gasteiger partial charge >= 0.3 is 0 Å². The number of rotatable bonds is 0. The molecule has 2 heterocycles. The van der Waals surface area contributed by atoms with E-state index in [1.807, 2.05) is 0 Å². The summed E-state index contributed by atoms with van der Waals surface area (Å²) in [6.45, 7) is 2.53. The van der Waals surface area contributed by atoms with E-state index in [2.05, 4.69) is 33.0 Å². The van der Waals surface area contributed by atoms with Crippen LogP contribution < -0.4 is 4.90 Å². The molecule has 74 valence electrons. The Kier molecular flexibility index (Phi) is 2.05. The van der Waals surface area contributed by atoms with E-state index in [0.29, 0.717) is 0 Å². The fourth-order valence-electron chi connectivity index (χ4n) is 2.76. The van der Waals surface area contributed by atoms with Crippen molar-refractivity contribution in [2.75, 3.05) is 18.0 Å². The summed E-state index contributed by atoms with van der Waals surface area (Å²) in [6, 6.07) is 4.60. The quantitative estimate of drug-likeness (QED) is 0.685. The van der Waals surface area contributed by atoms with Crippen molar-refractivity contribution in [3.63, 3.8) is 0 Å². The molecule has 3 rings (SSSR count). The Balaban J connectivity index is 2.20. The minimum Gasteiger partial charge on any atom is -0.371 e. The lowest BCUT2D eigenvalue weighted by atomic mass is 9.92. The molecule has 0 fully saturated rings. The van der Waals surface area contributed by atoms with Crippen LogP contribution in [-0.4, -0.2) is 13.1 Å². The third-order valence-corrected chi connectivity index (χ3v) is 3.75. The van der Waals surface area contributed by atoms with Crippen LogP contribution in [0.1, 0.15) is 24.0 Å². The van der Waals surface area contributed by atoms with Crippen LogP contribution in [0.5, 0.6) is 0 Å². The highest BCUT2D eigenvalue weighted by Crippen LogP contribution is 2.37. The van der Waals surface area contributed by atoms with E-state index in [1.54, 1.807) is 16.8 Å². The number of halogens is 1. The first-order valence-electron chi connectivity index (χ1n) is 5.41. The van der Waals surface area contributed by atoms with Gasteiger partial charge in [-0.25, -0.2) is 0 Å². The Labute approximate surface area is 93.2 Å². The SMILES string of the molecule is Brc1cc2c3c(c1)CCCN3CCC2. The second kappa shape index (κ2) is 3.27. The van der Waals surface area contributed by atoms with E-state index in [9.17, 15) is 0 Å². The van der Waals surface area contributed by atoms with Gasteiger partial charge in [-0.1, -0.05) is 15.9 Å². The molecule has 1 aromatic carbocycles. The smallest absolute Gasteiger partial charge is 0.0432 e. The Bertz CT molecular complexity index is 342. The maximum atomic E-state index is 3.61. The molecule has 0 atom stereocenters. The van der Waals surface area contributed by atoms with Crippen molar-refractivity contribution in [1.29, 1.82) is 0 Å². The number of aryl methyl sites for hydroxylation is 2. The number of nitrogens with zero attached hydrogens (tertiary/aromatic N) is 1. The number of anilines is 1. The first-order chi connectivity index (χ1) is 6.84. The fraction of sp³-hybridized carbons (Fsp3) is 0.500. The van der Waals surface area contributed by atoms with E-state index < -0.39 is 0 Å². The van der Waals surface area contributed by atoms with Crippen molar-refractivity contribution in [2.45, 2.75) is 25.7 Å². The van der Waals surface area contributed by atoms with E-state index in [-0.39, 0.29) is 0 Å². The molecule has 0 bridgehead atoms. The van der Waals surface area contributed by atoms with Crippen molar-refractivity contribution in [2.24, 2.45) is 0 Å². The van der Waals surface area contributed by atoms with Crippen LogP contribution in [0.3, 0.4) is 0 Å². The van der Waals surface area contributed by atoms with E-state index in [0.717, 1.165) is 0 Å². The molecule has 0 aromatic heterocycles. The second-order valence-electron chi connectivity index (χ2n) is 4.27. The predicted octanol–water partition coefficient (Wildman–Crippen LogP) is 3.15. The second-order valence-corrected chi connectivity index (χ2v) is 5.18. The molecule has 2 heteroatoms. The first-order valence-corrected chi connectivity index (χ1v) is 6.20. The van der Waals surface area contributed by atoms with Gasteiger partial charge in [0.25, 0.3) is 0 Å². The van der Waals surface area contributed by atoms with E-state index >= 15 is 0 Å². The summed E-state index contributed by atoms with van der Waals surface area (Å²) < 4.78 is 1.26. The molecule has 0 N–H and O–H groups in total. The zero-order valence-corrected chi connectivity index (χ0v) is 9.81. The van der Waals surface area contributed by atoms with Crippen molar-refractivity contribution in [3.05, 3.63) is 27.7 Å². The van der Waals surface area contributed by atoms with Gasteiger partial charge in [0.2, 0.25) is 0 Å². The molecule has 0 saturated heterocycles. The van der Waals surface area contributed by atoms with Gasteiger partial charge in [-0.05, 0) is 48.9 Å². The van der Waals surface area contributed by atoms with Gasteiger partial charge in [0.15, 0.2) is 0 Å². The third kappa shape index (κ3) is 1.28. The van der Waals surface area contributed by atoms with Crippen LogP contribution in [-0.2, 0) is 12.8 Å². The lowest BCUT2D eigenvalue weighted by Crippen LogP contribution is -2.34. The minimum atomic E-state index is 1.26. The average Bonchev–Trinajstić information content (AvgIpc) is 2.18. The maximum absolute atomic E-state index is 3.61. The lowest BCUT2D eigenvalue weighted by molar-refractivity contribution is 0.633. The summed E-state index contributed by atoms with van der Waals surface area (Å²) in [5.41, 5.74) is 4.67. The molecule has 1 aromatic rings. The first kappa shape index (κ1) is 8.78. The molecule has 0 aliphatic carbocycles. The monoisotopic (exact) mass is 251 g/mol. The van der Waals surface area contributed by atoms with Crippen LogP contribution in [0.15, 0.2) is 16.6 Å². The molecule has 0 radical (unpaired) electrons. The molecule has 2 aliphatic rings. The lowest BCUT2D eigenvalue weighted by Gasteiger charge is -2.37. The van der Waals surface area contributed by atoms with E-state index in [1.165, 1.54) is 43.2 Å². The van der Waals surface area contributed by atoms with Crippen LogP contribution >= 0.6 is 15.9 Å². The molecule has 0 unspecified atom stereocenters. The van der Waals surface area contributed by atoms with E-state index in [4.69, 9.17) is 0 Å². The summed E-state index contributed by atoms with van der Waals surface area (Å²) in [6.07, 6.45) is 5.17. The molecule has 0 amide bonds. The van der Waals surface area contributed by atoms with Gasteiger partial charge in [-0.3, -0.25) is 0 Å². The average molecular weight is 252 g/mol. The molecular formula is C12H14BrN. The zero-order valence-electron chi connectivity index (χ0n) is 8.22. The van der Waals surface area contributed by atoms with Crippen molar-refractivity contribution < 1.29 is 0 Å². The normalized spacial score (nSPS) is 19.4. The van der Waals surface area contributed by atoms with Crippen LogP contribution in [0.25, 0.3) is 0 Å². The maximum Gasteiger partial charge on any atom is 0.0432 e. The van der Waals surface area contributed by atoms with Gasteiger partial charge in [-0.15, -0.1) is 0 Å². The summed E-state index contributed by atoms with van der Waals surface area (Å²) >= 11 is 3.61. The Hall–Kier alpha value is -0.500. The summed E-state index contributed by atoms with van der Waals surface area (Å²) in [5.74, 6) is 0. The third-order valence-electron chi connectivity index (χ3n) is 3.30. The Morgan fingerprint density at radius 3 is 2.14 bits per heavy atom. The Morgan fingerprint density at radius 2 is 1.57 bits per heavy atom. The van der Waals surface area contributed by atoms with Crippen LogP contribution in [0.2, 0.25) is 0 Å². The molecule has 14 heavy (non-hydrogen) atoms. The standard InChI is InChI=1S/C12H14BrN/c13-11-7-9-3-1-5-14-6-2-4-10(8-11)12(9)14/h7-8H,1-6H2. The largest absolute Gasteiger partial charge is 0.371 e. The minimum absolute atomic E-state index is 1.26. The summed E-state index contributed by atoms with van der Waals surface area (Å²) in [5, 5.41) is 0. The molecule has 0 spiro atoms. The number of hydrogen-bond donors (Lipinski definition) is 0. The molecule has 0 saturated carbocycles. The summed E-state index contributed by atoms with van der Waals surface area (Å²) in [7, 11) is 0. The van der Waals surface area contributed by atoms with Gasteiger partial charge in [-0.2, -0.15) is 0 Å². The highest BCUT2D eigenvalue weighted by atomic mass is 79.9. The van der Waals surface area contributed by atoms with Crippen molar-refractivity contribution in [1.82, 2.24) is 0 Å². The number of benzene rings is 1. The van der Waals surface area contributed by atoms with Crippen molar-refractivity contribution >= 4 is 21.6 Å². The van der Waals surface area contributed by atoms with Crippen molar-refractivity contribution in [3.8, 4) is 0 Å². The fourth-order valence-corrected chi connectivity index (χ4v) is 3.31. The van der Waals surface area contributed by atoms with Gasteiger partial charge in [0, 0.05) is 23.2 Å². The van der Waals surface area contributed by atoms with Gasteiger partial charge in [0.1, 0.15) is 0 Å². The topological polar surface area (TPSA) is 3.24 Å². The summed E-state index contributed by atoms with van der Waals surface area (Å²) in [4.78, 5) is 2.57. The van der Waals surface area contributed by atoms with Gasteiger partial charge < -0.3 is 4.90 Å². The highest BCUT2D eigenvalue weighted by Gasteiger charge is 2.23. The Morgan fingerprint density at radius 1 is 1.00 bits per heavy atom. The van der Waals surface area contributed by atoms with Crippen LogP contribution in [0, 0.1) is 0 Å². The molecule has 2 aliphatic heterocycles. The molecular weight excluding hydrogens is 238 g/mol. The van der Waals surface area contributed by atoms with Crippen LogP contribution in [0.4, 0.5) is 5.69 Å². The molecule has 1 nitrogen and oxygen atoms in total. The van der Waals surface area contributed by atoms with Gasteiger partial charge in [0.05, 0.1) is 0 Å². The highest BCUT2D eigenvalue weighted by molar-refractivity contribution is 9.10. The zero-order chi connectivity index (χ0) is 9.54. The predicted molar refractivity (Wildman–Crippen MR) is 63.0 cm³/mol. The number of hydrogen-bond acceptors (Lipinski definition) is 1.